The van der Waals surface area contributed by atoms with E-state index in [4.69, 9.17) is 0 Å². The Hall–Kier alpha value is 0.0900. The normalized spacial score (nSPS) is 13.7. The summed E-state index contributed by atoms with van der Waals surface area (Å²) in [5, 5.41) is 0.475. The van der Waals surface area contributed by atoms with Gasteiger partial charge in [0.2, 0.25) is 0 Å². The van der Waals surface area contributed by atoms with E-state index in [0.29, 0.717) is 5.25 Å². The topological polar surface area (TPSA) is 0 Å². The molecule has 0 fully saturated rings. The minimum Gasteiger partial charge on any atom is -0.176 e. The minimum atomic E-state index is 0.475. The average Bonchev–Trinajstić information content (AvgIpc) is 1.35. The predicted octanol–water partition coefficient (Wildman–Crippen LogP) is 1.88. The molecular weight excluding hydrogens is 92.1 g/mol. The zero-order chi connectivity index (χ0) is 4.99. The third-order valence-electron chi connectivity index (χ3n) is 0.508. The van der Waals surface area contributed by atoms with Crippen molar-refractivity contribution < 1.29 is 0 Å². The van der Waals surface area contributed by atoms with E-state index < -0.39 is 0 Å². The molecule has 0 unspecified atom stereocenters. The van der Waals surface area contributed by atoms with Crippen LogP contribution in [0.3, 0.4) is 0 Å². The van der Waals surface area contributed by atoms with Gasteiger partial charge in [-0.1, -0.05) is 13.0 Å². The standard InChI is InChI=1S/C5H10S/c1-3-4-5(2)6/h3,5-6H,1,4H2,2H3/t5-/m0/s1. The summed E-state index contributed by atoms with van der Waals surface area (Å²) < 4.78 is 0. The molecule has 0 heterocycles. The van der Waals surface area contributed by atoms with Crippen LogP contribution in [0.4, 0.5) is 0 Å². The smallest absolute Gasteiger partial charge is 0.00228 e. The van der Waals surface area contributed by atoms with E-state index in [2.05, 4.69) is 19.2 Å². The molecule has 0 bridgehead atoms. The summed E-state index contributed by atoms with van der Waals surface area (Å²) in [5.74, 6) is 0. The van der Waals surface area contributed by atoms with Gasteiger partial charge in [-0.3, -0.25) is 0 Å². The van der Waals surface area contributed by atoms with Crippen molar-refractivity contribution in [1.82, 2.24) is 0 Å². The monoisotopic (exact) mass is 102 g/mol. The molecule has 0 radical (unpaired) electrons. The molecule has 0 aromatic rings. The van der Waals surface area contributed by atoms with Crippen LogP contribution in [0.15, 0.2) is 12.7 Å². The largest absolute Gasteiger partial charge is 0.176 e. The predicted molar refractivity (Wildman–Crippen MR) is 33.3 cm³/mol. The lowest BCUT2D eigenvalue weighted by atomic mass is 10.3. The van der Waals surface area contributed by atoms with E-state index in [9.17, 15) is 0 Å². The Morgan fingerprint density at radius 3 is 2.50 bits per heavy atom. The Kier molecular flexibility index (Phi) is 3.34. The van der Waals surface area contributed by atoms with Gasteiger partial charge in [0.15, 0.2) is 0 Å². The van der Waals surface area contributed by atoms with E-state index in [1.807, 2.05) is 13.0 Å². The summed E-state index contributed by atoms with van der Waals surface area (Å²) in [4.78, 5) is 0. The van der Waals surface area contributed by atoms with Crippen LogP contribution in [0.1, 0.15) is 13.3 Å². The summed E-state index contributed by atoms with van der Waals surface area (Å²) in [6.07, 6.45) is 2.88. The molecular formula is C5H10S. The highest BCUT2D eigenvalue weighted by atomic mass is 32.1. The molecule has 1 atom stereocenters. The molecule has 0 aliphatic heterocycles. The fourth-order valence-electron chi connectivity index (χ4n) is 0.241. The van der Waals surface area contributed by atoms with Gasteiger partial charge in [-0.25, -0.2) is 0 Å². The first kappa shape index (κ1) is 6.09. The fourth-order valence-corrected chi connectivity index (χ4v) is 0.390. The zero-order valence-corrected chi connectivity index (χ0v) is 4.91. The average molecular weight is 102 g/mol. The maximum absolute atomic E-state index is 4.11. The van der Waals surface area contributed by atoms with Crippen LogP contribution in [0.2, 0.25) is 0 Å². The van der Waals surface area contributed by atoms with Gasteiger partial charge in [-0.2, -0.15) is 12.6 Å². The van der Waals surface area contributed by atoms with Crippen LogP contribution in [0.5, 0.6) is 0 Å². The number of rotatable bonds is 2. The summed E-state index contributed by atoms with van der Waals surface area (Å²) >= 11 is 4.11. The molecule has 0 aliphatic rings. The van der Waals surface area contributed by atoms with Crippen molar-refractivity contribution in [2.24, 2.45) is 0 Å². The molecule has 1 heteroatoms. The summed E-state index contributed by atoms with van der Waals surface area (Å²) in [5.41, 5.74) is 0. The molecule has 36 valence electrons. The molecule has 0 amide bonds. The molecule has 6 heavy (non-hydrogen) atoms. The molecule has 0 aliphatic carbocycles. The zero-order valence-electron chi connectivity index (χ0n) is 4.02. The number of hydrogen-bond donors (Lipinski definition) is 1. The first-order valence-electron chi connectivity index (χ1n) is 2.06. The van der Waals surface area contributed by atoms with E-state index in [-0.39, 0.29) is 0 Å². The molecule has 0 spiro atoms. The Bertz CT molecular complexity index is 39.2. The van der Waals surface area contributed by atoms with Crippen LogP contribution < -0.4 is 0 Å². The van der Waals surface area contributed by atoms with Gasteiger partial charge in [-0.05, 0) is 6.42 Å². The first-order chi connectivity index (χ1) is 2.77. The molecule has 0 saturated carbocycles. The van der Waals surface area contributed by atoms with Crippen LogP contribution >= 0.6 is 12.6 Å². The van der Waals surface area contributed by atoms with Crippen LogP contribution in [-0.4, -0.2) is 5.25 Å². The highest BCUT2D eigenvalue weighted by molar-refractivity contribution is 7.80. The van der Waals surface area contributed by atoms with Crippen LogP contribution in [0.25, 0.3) is 0 Å². The quantitative estimate of drug-likeness (QED) is 0.399. The molecule has 0 saturated heterocycles. The molecule has 0 N–H and O–H groups in total. The lowest BCUT2D eigenvalue weighted by Crippen LogP contribution is -1.83. The van der Waals surface area contributed by atoms with Gasteiger partial charge < -0.3 is 0 Å². The minimum absolute atomic E-state index is 0.475. The van der Waals surface area contributed by atoms with Crippen molar-refractivity contribution in [2.45, 2.75) is 18.6 Å². The Labute approximate surface area is 44.7 Å². The van der Waals surface area contributed by atoms with Crippen LogP contribution in [-0.2, 0) is 0 Å². The molecule has 0 aromatic heterocycles. The van der Waals surface area contributed by atoms with Crippen molar-refractivity contribution in [3.05, 3.63) is 12.7 Å². The van der Waals surface area contributed by atoms with Crippen molar-refractivity contribution in [2.75, 3.05) is 0 Å². The van der Waals surface area contributed by atoms with Crippen molar-refractivity contribution >= 4 is 12.6 Å². The highest BCUT2D eigenvalue weighted by Gasteiger charge is 1.83. The summed E-state index contributed by atoms with van der Waals surface area (Å²) in [6, 6.07) is 0. The second kappa shape index (κ2) is 3.29. The molecule has 0 aromatic carbocycles. The summed E-state index contributed by atoms with van der Waals surface area (Å²) in [7, 11) is 0. The van der Waals surface area contributed by atoms with Crippen molar-refractivity contribution in [3.63, 3.8) is 0 Å². The maximum atomic E-state index is 4.11. The SMILES string of the molecule is C=CC[C@H](C)S. The number of hydrogen-bond acceptors (Lipinski definition) is 1. The Balaban J connectivity index is 2.81. The second-order valence-corrected chi connectivity index (χ2v) is 2.25. The van der Waals surface area contributed by atoms with E-state index in [0.717, 1.165) is 6.42 Å². The van der Waals surface area contributed by atoms with Gasteiger partial charge in [0.05, 0.1) is 0 Å². The van der Waals surface area contributed by atoms with Gasteiger partial charge in [0, 0.05) is 5.25 Å². The molecule has 0 rings (SSSR count). The van der Waals surface area contributed by atoms with E-state index in [1.165, 1.54) is 0 Å². The highest BCUT2D eigenvalue weighted by Crippen LogP contribution is 1.97. The van der Waals surface area contributed by atoms with Gasteiger partial charge in [0.1, 0.15) is 0 Å². The second-order valence-electron chi connectivity index (χ2n) is 1.37. The maximum Gasteiger partial charge on any atom is 0.00228 e. The first-order valence-corrected chi connectivity index (χ1v) is 2.58. The molecule has 0 nitrogen and oxygen atoms in total. The summed E-state index contributed by atoms with van der Waals surface area (Å²) in [6.45, 7) is 5.60. The Morgan fingerprint density at radius 2 is 2.50 bits per heavy atom. The van der Waals surface area contributed by atoms with E-state index >= 15 is 0 Å². The fraction of sp³-hybridized carbons (Fsp3) is 0.600. The number of allylic oxidation sites excluding steroid dienone is 1. The van der Waals surface area contributed by atoms with E-state index in [1.54, 1.807) is 0 Å². The lowest BCUT2D eigenvalue weighted by Gasteiger charge is -1.91. The third-order valence-corrected chi connectivity index (χ3v) is 0.719. The number of thiol groups is 1. The van der Waals surface area contributed by atoms with Gasteiger partial charge in [0.25, 0.3) is 0 Å². The lowest BCUT2D eigenvalue weighted by molar-refractivity contribution is 0.993. The Morgan fingerprint density at radius 1 is 2.00 bits per heavy atom. The van der Waals surface area contributed by atoms with Crippen molar-refractivity contribution in [1.29, 1.82) is 0 Å². The third kappa shape index (κ3) is 4.09. The van der Waals surface area contributed by atoms with Gasteiger partial charge in [-0.15, -0.1) is 6.58 Å². The van der Waals surface area contributed by atoms with Crippen LogP contribution in [0, 0.1) is 0 Å². The van der Waals surface area contributed by atoms with Crippen molar-refractivity contribution in [3.8, 4) is 0 Å². The van der Waals surface area contributed by atoms with Gasteiger partial charge >= 0.3 is 0 Å².